The molecular formula is C15H18N4O3. The van der Waals surface area contributed by atoms with Gasteiger partial charge in [0.25, 0.3) is 0 Å². The van der Waals surface area contributed by atoms with Gasteiger partial charge in [-0.25, -0.2) is 4.79 Å². The second-order valence-corrected chi connectivity index (χ2v) is 5.44. The van der Waals surface area contributed by atoms with E-state index in [1.54, 1.807) is 31.2 Å². The molecule has 0 unspecified atom stereocenters. The molecule has 2 amide bonds. The van der Waals surface area contributed by atoms with Crippen LogP contribution in [0.25, 0.3) is 11.5 Å². The molecule has 22 heavy (non-hydrogen) atoms. The van der Waals surface area contributed by atoms with E-state index in [-0.39, 0.29) is 12.6 Å². The lowest BCUT2D eigenvalue weighted by Gasteiger charge is -2.11. The van der Waals surface area contributed by atoms with E-state index in [0.29, 0.717) is 23.4 Å². The molecule has 1 aromatic carbocycles. The third-order valence-electron chi connectivity index (χ3n) is 3.55. The van der Waals surface area contributed by atoms with Gasteiger partial charge in [-0.15, -0.1) is 10.2 Å². The minimum Gasteiger partial charge on any atom is -0.421 e. The molecule has 0 radical (unpaired) electrons. The van der Waals surface area contributed by atoms with Crippen LogP contribution in [-0.4, -0.2) is 34.0 Å². The van der Waals surface area contributed by atoms with E-state index in [0.717, 1.165) is 18.4 Å². The highest BCUT2D eigenvalue weighted by Crippen LogP contribution is 2.32. The predicted molar refractivity (Wildman–Crippen MR) is 80.2 cm³/mol. The van der Waals surface area contributed by atoms with Gasteiger partial charge >= 0.3 is 6.03 Å². The fourth-order valence-corrected chi connectivity index (χ4v) is 2.13. The number of urea groups is 1. The summed E-state index contributed by atoms with van der Waals surface area (Å²) in [6.45, 7) is 2.00. The van der Waals surface area contributed by atoms with Crippen LogP contribution < -0.4 is 10.6 Å². The van der Waals surface area contributed by atoms with Gasteiger partial charge in [-0.1, -0.05) is 0 Å². The molecule has 7 heteroatoms. The van der Waals surface area contributed by atoms with Crippen LogP contribution in [-0.2, 0) is 0 Å². The number of carbonyl (C=O) groups excluding carboxylic acids is 1. The fraction of sp³-hybridized carbons (Fsp3) is 0.400. The summed E-state index contributed by atoms with van der Waals surface area (Å²) in [4.78, 5) is 11.7. The number of nitrogens with one attached hydrogen (secondary N) is 2. The summed E-state index contributed by atoms with van der Waals surface area (Å²) in [6.07, 6.45) is 1.64. The molecule has 1 aliphatic rings. The third kappa shape index (κ3) is 3.62. The number of aliphatic hydroxyl groups is 1. The first-order valence-electron chi connectivity index (χ1n) is 7.25. The second kappa shape index (κ2) is 6.15. The number of aliphatic hydroxyl groups excluding tert-OH is 1. The first-order valence-corrected chi connectivity index (χ1v) is 7.25. The molecule has 0 spiro atoms. The average Bonchev–Trinajstić information content (AvgIpc) is 3.28. The van der Waals surface area contributed by atoms with Crippen LogP contribution >= 0.6 is 0 Å². The Bertz CT molecular complexity index is 649. The van der Waals surface area contributed by atoms with E-state index >= 15 is 0 Å². The number of carbonyl (C=O) groups is 1. The highest BCUT2D eigenvalue weighted by molar-refractivity contribution is 5.89. The molecule has 1 atom stereocenters. The van der Waals surface area contributed by atoms with Gasteiger partial charge in [0, 0.05) is 24.7 Å². The average molecular weight is 302 g/mol. The number of rotatable bonds is 5. The predicted octanol–water partition coefficient (Wildman–Crippen LogP) is 1.94. The zero-order valence-corrected chi connectivity index (χ0v) is 12.2. The SMILES string of the molecule is Cc1nnc(-c2ccc(NC(=O)NC[C@@H](O)C3CC3)cc2)o1. The molecule has 1 saturated carbocycles. The van der Waals surface area contributed by atoms with Crippen molar-refractivity contribution >= 4 is 11.7 Å². The Labute approximate surface area is 127 Å². The van der Waals surface area contributed by atoms with Crippen LogP contribution in [0.5, 0.6) is 0 Å². The molecule has 3 N–H and O–H groups in total. The van der Waals surface area contributed by atoms with Crippen molar-refractivity contribution in [1.82, 2.24) is 15.5 Å². The number of amides is 2. The lowest BCUT2D eigenvalue weighted by Crippen LogP contribution is -2.36. The molecule has 1 aromatic heterocycles. The molecule has 0 aliphatic heterocycles. The van der Waals surface area contributed by atoms with Crippen LogP contribution in [0.15, 0.2) is 28.7 Å². The molecule has 3 rings (SSSR count). The normalized spacial score (nSPS) is 15.4. The van der Waals surface area contributed by atoms with Crippen LogP contribution in [0.1, 0.15) is 18.7 Å². The van der Waals surface area contributed by atoms with E-state index in [9.17, 15) is 9.90 Å². The zero-order valence-electron chi connectivity index (χ0n) is 12.2. The highest BCUT2D eigenvalue weighted by atomic mass is 16.4. The minimum atomic E-state index is -0.450. The van der Waals surface area contributed by atoms with Gasteiger partial charge in [-0.3, -0.25) is 0 Å². The van der Waals surface area contributed by atoms with Gasteiger partial charge < -0.3 is 20.2 Å². The maximum absolute atomic E-state index is 11.7. The number of nitrogens with zero attached hydrogens (tertiary/aromatic N) is 2. The van der Waals surface area contributed by atoms with Crippen molar-refractivity contribution in [1.29, 1.82) is 0 Å². The summed E-state index contributed by atoms with van der Waals surface area (Å²) < 4.78 is 5.33. The van der Waals surface area contributed by atoms with Gasteiger partial charge in [-0.2, -0.15) is 0 Å². The van der Waals surface area contributed by atoms with Gasteiger partial charge in [0.15, 0.2) is 0 Å². The van der Waals surface area contributed by atoms with Crippen molar-refractivity contribution < 1.29 is 14.3 Å². The highest BCUT2D eigenvalue weighted by Gasteiger charge is 2.29. The summed E-state index contributed by atoms with van der Waals surface area (Å²) in [5.41, 5.74) is 1.44. The van der Waals surface area contributed by atoms with E-state index in [1.165, 1.54) is 0 Å². The molecule has 0 bridgehead atoms. The van der Waals surface area contributed by atoms with E-state index in [2.05, 4.69) is 20.8 Å². The van der Waals surface area contributed by atoms with Crippen LogP contribution in [0.2, 0.25) is 0 Å². The van der Waals surface area contributed by atoms with E-state index in [4.69, 9.17) is 4.42 Å². The lowest BCUT2D eigenvalue weighted by atomic mass is 10.2. The van der Waals surface area contributed by atoms with Crippen LogP contribution in [0, 0.1) is 12.8 Å². The molecular weight excluding hydrogens is 284 g/mol. The Morgan fingerprint density at radius 2 is 2.09 bits per heavy atom. The number of aromatic nitrogens is 2. The molecule has 1 fully saturated rings. The van der Waals surface area contributed by atoms with Gasteiger partial charge in [0.2, 0.25) is 11.8 Å². The van der Waals surface area contributed by atoms with Crippen molar-refractivity contribution in [3.05, 3.63) is 30.2 Å². The number of aryl methyl sites for hydroxylation is 1. The molecule has 116 valence electrons. The summed E-state index contributed by atoms with van der Waals surface area (Å²) in [6, 6.07) is 6.77. The lowest BCUT2D eigenvalue weighted by molar-refractivity contribution is 0.150. The number of benzene rings is 1. The molecule has 1 aliphatic carbocycles. The number of anilines is 1. The van der Waals surface area contributed by atoms with Gasteiger partial charge in [0.05, 0.1) is 6.10 Å². The molecule has 7 nitrogen and oxygen atoms in total. The number of hydrogen-bond acceptors (Lipinski definition) is 5. The molecule has 2 aromatic rings. The summed E-state index contributed by atoms with van der Waals surface area (Å²) in [7, 11) is 0. The third-order valence-corrected chi connectivity index (χ3v) is 3.55. The largest absolute Gasteiger partial charge is 0.421 e. The first-order chi connectivity index (χ1) is 10.6. The van der Waals surface area contributed by atoms with Crippen molar-refractivity contribution in [3.63, 3.8) is 0 Å². The summed E-state index contributed by atoms with van der Waals surface area (Å²) in [5, 5.41) is 22.8. The summed E-state index contributed by atoms with van der Waals surface area (Å²) in [5.74, 6) is 1.30. The Morgan fingerprint density at radius 3 is 2.68 bits per heavy atom. The quantitative estimate of drug-likeness (QED) is 0.783. The summed E-state index contributed by atoms with van der Waals surface area (Å²) >= 11 is 0. The van der Waals surface area contributed by atoms with Gasteiger partial charge in [-0.05, 0) is 43.0 Å². The van der Waals surface area contributed by atoms with Crippen molar-refractivity contribution in [2.45, 2.75) is 25.9 Å². The Balaban J connectivity index is 1.53. The molecule has 0 saturated heterocycles. The minimum absolute atomic E-state index is 0.274. The number of hydrogen-bond donors (Lipinski definition) is 3. The van der Waals surface area contributed by atoms with Gasteiger partial charge in [0.1, 0.15) is 0 Å². The van der Waals surface area contributed by atoms with Crippen molar-refractivity contribution in [2.75, 3.05) is 11.9 Å². The second-order valence-electron chi connectivity index (χ2n) is 5.44. The topological polar surface area (TPSA) is 100 Å². The first kappa shape index (κ1) is 14.5. The molecule has 1 heterocycles. The van der Waals surface area contributed by atoms with Crippen molar-refractivity contribution in [2.24, 2.45) is 5.92 Å². The maximum Gasteiger partial charge on any atom is 0.319 e. The van der Waals surface area contributed by atoms with E-state index < -0.39 is 6.10 Å². The van der Waals surface area contributed by atoms with Crippen LogP contribution in [0.3, 0.4) is 0 Å². The Kier molecular flexibility index (Phi) is 4.06. The standard InChI is InChI=1S/C15H18N4O3/c1-9-18-19-14(22-9)11-4-6-12(7-5-11)17-15(21)16-8-13(20)10-2-3-10/h4-7,10,13,20H,2-3,8H2,1H3,(H2,16,17,21)/t13-/m1/s1. The smallest absolute Gasteiger partial charge is 0.319 e. The van der Waals surface area contributed by atoms with Crippen molar-refractivity contribution in [3.8, 4) is 11.5 Å². The van der Waals surface area contributed by atoms with Crippen LogP contribution in [0.4, 0.5) is 10.5 Å². The zero-order chi connectivity index (χ0) is 15.5. The maximum atomic E-state index is 11.7. The Morgan fingerprint density at radius 1 is 1.36 bits per heavy atom. The van der Waals surface area contributed by atoms with E-state index in [1.807, 2.05) is 0 Å². The fourth-order valence-electron chi connectivity index (χ4n) is 2.13. The monoisotopic (exact) mass is 302 g/mol. The Hall–Kier alpha value is -2.41.